The fourth-order valence-corrected chi connectivity index (χ4v) is 1.66. The molecule has 1 aromatic heterocycles. The summed E-state index contributed by atoms with van der Waals surface area (Å²) in [4.78, 5) is 4.03. The summed E-state index contributed by atoms with van der Waals surface area (Å²) in [5, 5.41) is 3.78. The quantitative estimate of drug-likeness (QED) is 0.789. The second-order valence-corrected chi connectivity index (χ2v) is 4.14. The highest BCUT2D eigenvalue weighted by molar-refractivity contribution is 6.32. The van der Waals surface area contributed by atoms with Crippen LogP contribution in [0.2, 0.25) is 5.15 Å². The van der Waals surface area contributed by atoms with Crippen molar-refractivity contribution in [2.45, 2.75) is 13.8 Å². The van der Waals surface area contributed by atoms with Crippen LogP contribution in [0.5, 0.6) is 0 Å². The van der Waals surface area contributed by atoms with E-state index in [1.165, 1.54) is 11.1 Å². The summed E-state index contributed by atoms with van der Waals surface area (Å²) in [5.41, 5.74) is 4.30. The van der Waals surface area contributed by atoms with Gasteiger partial charge in [0, 0.05) is 11.9 Å². The lowest BCUT2D eigenvalue weighted by atomic mass is 10.1. The van der Waals surface area contributed by atoms with Gasteiger partial charge in [-0.25, -0.2) is 4.98 Å². The third-order valence-electron chi connectivity index (χ3n) is 2.42. The van der Waals surface area contributed by atoms with Gasteiger partial charge in [-0.1, -0.05) is 23.7 Å². The van der Waals surface area contributed by atoms with Crippen LogP contribution in [0.1, 0.15) is 11.1 Å². The van der Waals surface area contributed by atoms with E-state index >= 15 is 0 Å². The third kappa shape index (κ3) is 2.34. The van der Waals surface area contributed by atoms with Crippen LogP contribution in [0.3, 0.4) is 0 Å². The van der Waals surface area contributed by atoms with Crippen LogP contribution >= 0.6 is 11.6 Å². The van der Waals surface area contributed by atoms with E-state index in [0.717, 1.165) is 11.4 Å². The second-order valence-electron chi connectivity index (χ2n) is 3.79. The standard InChI is InChI=1S/C13H13ClN2/c1-9-5-6-10(2)12(8-9)16-11-4-3-7-15-13(11)14/h3-8,16H,1-2H3. The molecular weight excluding hydrogens is 220 g/mol. The summed E-state index contributed by atoms with van der Waals surface area (Å²) < 4.78 is 0. The van der Waals surface area contributed by atoms with Gasteiger partial charge in [-0.2, -0.15) is 0 Å². The normalized spacial score (nSPS) is 10.2. The molecule has 2 nitrogen and oxygen atoms in total. The maximum atomic E-state index is 5.99. The Hall–Kier alpha value is -1.54. The van der Waals surface area contributed by atoms with E-state index in [1.807, 2.05) is 12.1 Å². The topological polar surface area (TPSA) is 24.9 Å². The number of benzene rings is 1. The fraction of sp³-hybridized carbons (Fsp3) is 0.154. The van der Waals surface area contributed by atoms with Gasteiger partial charge >= 0.3 is 0 Å². The Morgan fingerprint density at radius 2 is 1.94 bits per heavy atom. The molecule has 0 spiro atoms. The van der Waals surface area contributed by atoms with Gasteiger partial charge < -0.3 is 5.32 Å². The van der Waals surface area contributed by atoms with Crippen molar-refractivity contribution in [3.05, 3.63) is 52.8 Å². The third-order valence-corrected chi connectivity index (χ3v) is 2.72. The molecule has 2 aromatic rings. The molecule has 1 aromatic carbocycles. The molecule has 0 saturated carbocycles. The summed E-state index contributed by atoms with van der Waals surface area (Å²) in [5.74, 6) is 0. The monoisotopic (exact) mass is 232 g/mol. The number of hydrogen-bond donors (Lipinski definition) is 1. The van der Waals surface area contributed by atoms with Gasteiger partial charge in [0.05, 0.1) is 5.69 Å². The summed E-state index contributed by atoms with van der Waals surface area (Å²) >= 11 is 5.99. The van der Waals surface area contributed by atoms with E-state index < -0.39 is 0 Å². The average molecular weight is 233 g/mol. The van der Waals surface area contributed by atoms with Crippen molar-refractivity contribution in [2.75, 3.05) is 5.32 Å². The Kier molecular flexibility index (Phi) is 3.11. The molecule has 16 heavy (non-hydrogen) atoms. The van der Waals surface area contributed by atoms with Crippen LogP contribution in [-0.2, 0) is 0 Å². The first-order chi connectivity index (χ1) is 7.66. The minimum absolute atomic E-state index is 0.489. The van der Waals surface area contributed by atoms with Gasteiger partial charge in [-0.3, -0.25) is 0 Å². The Labute approximate surface area is 100 Å². The van der Waals surface area contributed by atoms with Crippen LogP contribution in [0.4, 0.5) is 11.4 Å². The van der Waals surface area contributed by atoms with Crippen molar-refractivity contribution in [3.8, 4) is 0 Å². The largest absolute Gasteiger partial charge is 0.353 e. The highest BCUT2D eigenvalue weighted by Crippen LogP contribution is 2.25. The molecule has 0 atom stereocenters. The van der Waals surface area contributed by atoms with E-state index in [9.17, 15) is 0 Å². The Morgan fingerprint density at radius 1 is 1.12 bits per heavy atom. The highest BCUT2D eigenvalue weighted by Gasteiger charge is 2.03. The summed E-state index contributed by atoms with van der Waals surface area (Å²) in [6, 6.07) is 10.0. The molecule has 0 aliphatic heterocycles. The molecular formula is C13H13ClN2. The van der Waals surface area contributed by atoms with Crippen molar-refractivity contribution >= 4 is 23.0 Å². The molecule has 0 aliphatic carbocycles. The minimum Gasteiger partial charge on any atom is -0.353 e. The van der Waals surface area contributed by atoms with Crippen molar-refractivity contribution in [2.24, 2.45) is 0 Å². The zero-order chi connectivity index (χ0) is 11.5. The molecule has 3 heteroatoms. The highest BCUT2D eigenvalue weighted by atomic mass is 35.5. The smallest absolute Gasteiger partial charge is 0.152 e. The molecule has 0 bridgehead atoms. The lowest BCUT2D eigenvalue weighted by Crippen LogP contribution is -1.95. The molecule has 1 N–H and O–H groups in total. The van der Waals surface area contributed by atoms with Crippen LogP contribution in [-0.4, -0.2) is 4.98 Å². The Morgan fingerprint density at radius 3 is 2.69 bits per heavy atom. The number of halogens is 1. The van der Waals surface area contributed by atoms with Crippen molar-refractivity contribution in [1.82, 2.24) is 4.98 Å². The maximum Gasteiger partial charge on any atom is 0.152 e. The molecule has 0 fully saturated rings. The zero-order valence-corrected chi connectivity index (χ0v) is 10.0. The van der Waals surface area contributed by atoms with Gasteiger partial charge in [-0.15, -0.1) is 0 Å². The van der Waals surface area contributed by atoms with E-state index in [1.54, 1.807) is 6.20 Å². The summed E-state index contributed by atoms with van der Waals surface area (Å²) in [6.07, 6.45) is 1.68. The predicted molar refractivity (Wildman–Crippen MR) is 68.4 cm³/mol. The number of aromatic nitrogens is 1. The van der Waals surface area contributed by atoms with Crippen molar-refractivity contribution < 1.29 is 0 Å². The average Bonchev–Trinajstić information content (AvgIpc) is 2.27. The molecule has 0 unspecified atom stereocenters. The first-order valence-corrected chi connectivity index (χ1v) is 5.49. The predicted octanol–water partition coefficient (Wildman–Crippen LogP) is 4.10. The summed E-state index contributed by atoms with van der Waals surface area (Å²) in [6.45, 7) is 4.13. The molecule has 0 aliphatic rings. The number of rotatable bonds is 2. The second kappa shape index (κ2) is 4.54. The maximum absolute atomic E-state index is 5.99. The number of nitrogens with one attached hydrogen (secondary N) is 1. The van der Waals surface area contributed by atoms with E-state index in [4.69, 9.17) is 11.6 Å². The summed E-state index contributed by atoms with van der Waals surface area (Å²) in [7, 11) is 0. The van der Waals surface area contributed by atoms with Gasteiger partial charge in [-0.05, 0) is 43.2 Å². The number of hydrogen-bond acceptors (Lipinski definition) is 2. The zero-order valence-electron chi connectivity index (χ0n) is 9.29. The van der Waals surface area contributed by atoms with Gasteiger partial charge in [0.1, 0.15) is 0 Å². The SMILES string of the molecule is Cc1ccc(C)c(Nc2cccnc2Cl)c1. The van der Waals surface area contributed by atoms with E-state index in [2.05, 4.69) is 42.3 Å². The molecule has 0 saturated heterocycles. The fourth-order valence-electron chi connectivity index (χ4n) is 1.49. The Bertz CT molecular complexity index is 509. The Balaban J connectivity index is 2.34. The molecule has 2 rings (SSSR count). The lowest BCUT2D eigenvalue weighted by Gasteiger charge is -2.11. The molecule has 0 amide bonds. The first-order valence-electron chi connectivity index (χ1n) is 5.11. The van der Waals surface area contributed by atoms with Crippen LogP contribution in [0.15, 0.2) is 36.5 Å². The molecule has 1 heterocycles. The minimum atomic E-state index is 0.489. The van der Waals surface area contributed by atoms with Gasteiger partial charge in [0.25, 0.3) is 0 Å². The van der Waals surface area contributed by atoms with Crippen molar-refractivity contribution in [3.63, 3.8) is 0 Å². The number of aryl methyl sites for hydroxylation is 2. The molecule has 0 radical (unpaired) electrons. The van der Waals surface area contributed by atoms with E-state index in [0.29, 0.717) is 5.15 Å². The van der Waals surface area contributed by atoms with E-state index in [-0.39, 0.29) is 0 Å². The first kappa shape index (κ1) is 11.0. The molecule has 82 valence electrons. The van der Waals surface area contributed by atoms with Crippen LogP contribution in [0.25, 0.3) is 0 Å². The number of nitrogens with zero attached hydrogens (tertiary/aromatic N) is 1. The van der Waals surface area contributed by atoms with Crippen molar-refractivity contribution in [1.29, 1.82) is 0 Å². The van der Waals surface area contributed by atoms with Gasteiger partial charge in [0.2, 0.25) is 0 Å². The van der Waals surface area contributed by atoms with Crippen LogP contribution in [0, 0.1) is 13.8 Å². The lowest BCUT2D eigenvalue weighted by molar-refractivity contribution is 1.31. The number of anilines is 2. The van der Waals surface area contributed by atoms with Crippen LogP contribution < -0.4 is 5.32 Å². The number of pyridine rings is 1. The van der Waals surface area contributed by atoms with Gasteiger partial charge in [0.15, 0.2) is 5.15 Å².